The summed E-state index contributed by atoms with van der Waals surface area (Å²) in [5, 5.41) is 0. The van der Waals surface area contributed by atoms with E-state index in [1.54, 1.807) is 6.20 Å². The molecule has 0 spiro atoms. The number of ether oxygens (including phenoxy) is 1. The monoisotopic (exact) mass is 242 g/mol. The molecule has 0 atom stereocenters. The number of nitrogens with zero attached hydrogens (tertiary/aromatic N) is 1. The number of rotatable bonds is 4. The van der Waals surface area contributed by atoms with E-state index >= 15 is 0 Å². The van der Waals surface area contributed by atoms with E-state index in [1.807, 2.05) is 19.1 Å². The zero-order valence-corrected chi connectivity index (χ0v) is 10.2. The van der Waals surface area contributed by atoms with Crippen molar-refractivity contribution in [1.82, 2.24) is 9.71 Å². The fourth-order valence-electron chi connectivity index (χ4n) is 1.58. The Morgan fingerprint density at radius 3 is 3.07 bits per heavy atom. The average molecular weight is 242 g/mol. The molecular formula is C10H14N2OS2. The highest BCUT2D eigenvalue weighted by Gasteiger charge is 2.30. The number of pyridine rings is 1. The van der Waals surface area contributed by atoms with Crippen LogP contribution in [0.2, 0.25) is 0 Å². The molecule has 2 rings (SSSR count). The minimum atomic E-state index is 0.303. The summed E-state index contributed by atoms with van der Waals surface area (Å²) in [4.78, 5) is 4.17. The van der Waals surface area contributed by atoms with Crippen LogP contribution in [-0.2, 0) is 0 Å². The minimum Gasteiger partial charge on any atom is -0.474 e. The van der Waals surface area contributed by atoms with E-state index in [4.69, 9.17) is 4.74 Å². The van der Waals surface area contributed by atoms with Crippen LogP contribution in [0.5, 0.6) is 5.88 Å². The SMILES string of the molecule is Cc1ccnc(O[C@H]2C[C@H](NSS)C2)c1. The van der Waals surface area contributed by atoms with Crippen molar-refractivity contribution < 1.29 is 4.74 Å². The van der Waals surface area contributed by atoms with Gasteiger partial charge in [-0.25, -0.2) is 4.98 Å². The van der Waals surface area contributed by atoms with E-state index in [1.165, 1.54) is 16.5 Å². The van der Waals surface area contributed by atoms with Crippen molar-refractivity contribution >= 4 is 22.6 Å². The van der Waals surface area contributed by atoms with Crippen molar-refractivity contribution in [2.75, 3.05) is 0 Å². The Kier molecular flexibility index (Phi) is 3.77. The molecule has 82 valence electrons. The van der Waals surface area contributed by atoms with Crippen LogP contribution in [0, 0.1) is 6.92 Å². The number of hydrogen-bond acceptors (Lipinski definition) is 5. The molecule has 1 fully saturated rings. The maximum atomic E-state index is 5.72. The van der Waals surface area contributed by atoms with Gasteiger partial charge in [0.15, 0.2) is 0 Å². The van der Waals surface area contributed by atoms with Gasteiger partial charge in [0, 0.05) is 31.1 Å². The standard InChI is InChI=1S/C10H14N2OS2/c1-7-2-3-11-10(4-7)13-9-5-8(6-9)12-15-14/h2-4,8-9,12,14H,5-6H2,1H3/t8-,9-. The highest BCUT2D eigenvalue weighted by Crippen LogP contribution is 2.26. The van der Waals surface area contributed by atoms with Crippen LogP contribution in [0.3, 0.4) is 0 Å². The molecule has 0 aliphatic heterocycles. The first-order valence-electron chi connectivity index (χ1n) is 4.93. The molecule has 1 saturated carbocycles. The van der Waals surface area contributed by atoms with Crippen LogP contribution < -0.4 is 9.46 Å². The summed E-state index contributed by atoms with van der Waals surface area (Å²) in [6.07, 6.45) is 4.15. The molecule has 1 aliphatic carbocycles. The van der Waals surface area contributed by atoms with E-state index in [2.05, 4.69) is 21.4 Å². The van der Waals surface area contributed by atoms with Gasteiger partial charge < -0.3 is 4.74 Å². The molecule has 0 amide bonds. The van der Waals surface area contributed by atoms with Crippen LogP contribution in [0.4, 0.5) is 0 Å². The minimum absolute atomic E-state index is 0.303. The van der Waals surface area contributed by atoms with Crippen molar-refractivity contribution in [3.63, 3.8) is 0 Å². The number of nitrogens with one attached hydrogen (secondary N) is 1. The largest absolute Gasteiger partial charge is 0.474 e. The van der Waals surface area contributed by atoms with Gasteiger partial charge in [-0.2, -0.15) is 0 Å². The molecule has 0 unspecified atom stereocenters. The molecule has 0 bridgehead atoms. The van der Waals surface area contributed by atoms with Crippen molar-refractivity contribution in [1.29, 1.82) is 0 Å². The van der Waals surface area contributed by atoms with Crippen molar-refractivity contribution in [3.8, 4) is 5.88 Å². The summed E-state index contributed by atoms with van der Waals surface area (Å²) < 4.78 is 8.91. The first-order chi connectivity index (χ1) is 7.28. The zero-order valence-electron chi connectivity index (χ0n) is 8.51. The van der Waals surface area contributed by atoms with Gasteiger partial charge in [-0.15, -0.1) is 0 Å². The Bertz CT molecular complexity index is 329. The van der Waals surface area contributed by atoms with Gasteiger partial charge in [0.1, 0.15) is 6.10 Å². The second-order valence-electron chi connectivity index (χ2n) is 3.79. The Morgan fingerprint density at radius 2 is 2.40 bits per heavy atom. The van der Waals surface area contributed by atoms with E-state index in [0.717, 1.165) is 18.7 Å². The Balaban J connectivity index is 1.80. The van der Waals surface area contributed by atoms with Gasteiger partial charge in [0.2, 0.25) is 5.88 Å². The maximum Gasteiger partial charge on any atom is 0.213 e. The highest BCUT2D eigenvalue weighted by molar-refractivity contribution is 8.67. The number of thiol groups is 1. The van der Waals surface area contributed by atoms with Crippen molar-refractivity contribution in [3.05, 3.63) is 23.9 Å². The quantitative estimate of drug-likeness (QED) is 0.482. The topological polar surface area (TPSA) is 34.1 Å². The average Bonchev–Trinajstić information content (AvgIpc) is 2.15. The zero-order chi connectivity index (χ0) is 10.7. The molecular weight excluding hydrogens is 228 g/mol. The van der Waals surface area contributed by atoms with Gasteiger partial charge in [-0.1, -0.05) is 11.7 Å². The van der Waals surface area contributed by atoms with Crippen LogP contribution >= 0.6 is 22.6 Å². The van der Waals surface area contributed by atoms with Gasteiger partial charge in [-0.3, -0.25) is 4.72 Å². The number of hydrogen-bond donors (Lipinski definition) is 2. The Labute approximate surface area is 98.9 Å². The van der Waals surface area contributed by atoms with Gasteiger partial charge in [0.05, 0.1) is 0 Å². The molecule has 15 heavy (non-hydrogen) atoms. The summed E-state index contributed by atoms with van der Waals surface area (Å²) in [6.45, 7) is 2.04. The summed E-state index contributed by atoms with van der Waals surface area (Å²) >= 11 is 4.04. The van der Waals surface area contributed by atoms with Crippen molar-refractivity contribution in [2.45, 2.75) is 31.9 Å². The molecule has 1 aromatic heterocycles. The number of aromatic nitrogens is 1. The highest BCUT2D eigenvalue weighted by atomic mass is 33.1. The summed E-state index contributed by atoms with van der Waals surface area (Å²) in [5.74, 6) is 0.733. The summed E-state index contributed by atoms with van der Waals surface area (Å²) in [6, 6.07) is 4.46. The second-order valence-corrected chi connectivity index (χ2v) is 4.75. The molecule has 1 aliphatic rings. The second kappa shape index (κ2) is 5.09. The maximum absolute atomic E-state index is 5.72. The van der Waals surface area contributed by atoms with E-state index in [0.29, 0.717) is 12.1 Å². The lowest BCUT2D eigenvalue weighted by atomic mass is 9.90. The van der Waals surface area contributed by atoms with Gasteiger partial charge in [-0.05, 0) is 29.5 Å². The molecule has 1 aromatic rings. The lowest BCUT2D eigenvalue weighted by Crippen LogP contribution is -2.44. The predicted molar refractivity (Wildman–Crippen MR) is 66.1 cm³/mol. The van der Waals surface area contributed by atoms with Crippen LogP contribution in [0.1, 0.15) is 18.4 Å². The molecule has 3 nitrogen and oxygen atoms in total. The molecule has 1 N–H and O–H groups in total. The molecule has 1 heterocycles. The molecule has 5 heteroatoms. The van der Waals surface area contributed by atoms with Crippen molar-refractivity contribution in [2.24, 2.45) is 0 Å². The molecule has 0 radical (unpaired) electrons. The molecule has 0 aromatic carbocycles. The Morgan fingerprint density at radius 1 is 1.60 bits per heavy atom. The van der Waals surface area contributed by atoms with Crippen LogP contribution in [0.15, 0.2) is 18.3 Å². The summed E-state index contributed by atoms with van der Waals surface area (Å²) in [7, 11) is 1.37. The first-order valence-corrected chi connectivity index (χ1v) is 6.80. The smallest absolute Gasteiger partial charge is 0.213 e. The van der Waals surface area contributed by atoms with Gasteiger partial charge in [0.25, 0.3) is 0 Å². The third kappa shape index (κ3) is 3.03. The van der Waals surface area contributed by atoms with E-state index < -0.39 is 0 Å². The predicted octanol–water partition coefficient (Wildman–Crippen LogP) is 2.38. The summed E-state index contributed by atoms with van der Waals surface area (Å²) in [5.41, 5.74) is 1.18. The van der Waals surface area contributed by atoms with E-state index in [9.17, 15) is 0 Å². The Hall–Kier alpha value is -0.390. The van der Waals surface area contributed by atoms with Crippen LogP contribution in [0.25, 0.3) is 0 Å². The molecule has 0 saturated heterocycles. The van der Waals surface area contributed by atoms with Crippen LogP contribution in [-0.4, -0.2) is 17.1 Å². The third-order valence-corrected chi connectivity index (χ3v) is 3.25. The number of aryl methyl sites for hydroxylation is 1. The first kappa shape index (κ1) is 11.1. The normalized spacial score (nSPS) is 24.7. The fourth-order valence-corrected chi connectivity index (χ4v) is 2.37. The van der Waals surface area contributed by atoms with Gasteiger partial charge >= 0.3 is 0 Å². The third-order valence-electron chi connectivity index (χ3n) is 2.49. The lowest BCUT2D eigenvalue weighted by molar-refractivity contribution is 0.0909. The fraction of sp³-hybridized carbons (Fsp3) is 0.500. The lowest BCUT2D eigenvalue weighted by Gasteiger charge is -2.34. The van der Waals surface area contributed by atoms with E-state index in [-0.39, 0.29) is 0 Å².